The van der Waals surface area contributed by atoms with Crippen LogP contribution in [0.4, 0.5) is 0 Å². The number of likely N-dealkylation sites (tertiary alicyclic amines) is 1. The van der Waals surface area contributed by atoms with Crippen molar-refractivity contribution < 1.29 is 14.3 Å². The van der Waals surface area contributed by atoms with Crippen LogP contribution in [0, 0.1) is 0 Å². The van der Waals surface area contributed by atoms with Crippen LogP contribution >= 0.6 is 24.0 Å². The van der Waals surface area contributed by atoms with Gasteiger partial charge in [-0.05, 0) is 32.1 Å². The first-order valence-electron chi connectivity index (χ1n) is 9.68. The highest BCUT2D eigenvalue weighted by Crippen LogP contribution is 2.17. The molecule has 26 heavy (non-hydrogen) atoms. The molecule has 7 nitrogen and oxygen atoms in total. The Labute approximate surface area is 174 Å². The molecule has 2 aliphatic rings. The monoisotopic (exact) mass is 482 g/mol. The van der Waals surface area contributed by atoms with E-state index in [4.69, 9.17) is 9.47 Å². The van der Waals surface area contributed by atoms with Gasteiger partial charge in [0, 0.05) is 52.4 Å². The average molecular weight is 482 g/mol. The van der Waals surface area contributed by atoms with Crippen LogP contribution in [-0.4, -0.2) is 75.4 Å². The first kappa shape index (κ1) is 23.4. The summed E-state index contributed by atoms with van der Waals surface area (Å²) in [6.45, 7) is 7.01. The van der Waals surface area contributed by atoms with Crippen LogP contribution in [0.2, 0.25) is 0 Å². The summed E-state index contributed by atoms with van der Waals surface area (Å²) in [6, 6.07) is 0.336. The van der Waals surface area contributed by atoms with Crippen molar-refractivity contribution in [1.82, 2.24) is 15.5 Å². The van der Waals surface area contributed by atoms with Crippen molar-refractivity contribution in [1.29, 1.82) is 0 Å². The third kappa shape index (κ3) is 7.96. The lowest BCUT2D eigenvalue weighted by molar-refractivity contribution is -0.129. The van der Waals surface area contributed by atoms with Crippen LogP contribution in [-0.2, 0) is 14.3 Å². The van der Waals surface area contributed by atoms with E-state index in [-0.39, 0.29) is 30.1 Å². The minimum Gasteiger partial charge on any atom is -0.379 e. The minimum absolute atomic E-state index is 0. The number of carbonyl (C=O) groups excluding carboxylic acids is 1. The molecule has 2 atom stereocenters. The quantitative estimate of drug-likeness (QED) is 0.215. The van der Waals surface area contributed by atoms with Crippen LogP contribution < -0.4 is 10.6 Å². The summed E-state index contributed by atoms with van der Waals surface area (Å²) in [5.41, 5.74) is 0. The van der Waals surface area contributed by atoms with E-state index in [9.17, 15) is 4.79 Å². The highest BCUT2D eigenvalue weighted by Gasteiger charge is 2.26. The summed E-state index contributed by atoms with van der Waals surface area (Å²) in [5.74, 6) is 1.12. The molecule has 0 saturated carbocycles. The molecular weight excluding hydrogens is 447 g/mol. The Balaban J connectivity index is 0.00000338. The van der Waals surface area contributed by atoms with Crippen molar-refractivity contribution in [2.45, 2.75) is 57.6 Å². The summed E-state index contributed by atoms with van der Waals surface area (Å²) in [7, 11) is 1.78. The minimum atomic E-state index is 0. The number of rotatable bonds is 10. The molecule has 0 radical (unpaired) electrons. The van der Waals surface area contributed by atoms with Crippen LogP contribution in [0.5, 0.6) is 0 Å². The molecule has 152 valence electrons. The molecule has 0 aromatic carbocycles. The van der Waals surface area contributed by atoms with Gasteiger partial charge in [0.05, 0.1) is 12.7 Å². The van der Waals surface area contributed by atoms with Gasteiger partial charge in [0.1, 0.15) is 0 Å². The van der Waals surface area contributed by atoms with E-state index in [1.54, 1.807) is 7.05 Å². The fourth-order valence-electron chi connectivity index (χ4n) is 3.39. The Morgan fingerprint density at radius 1 is 1.42 bits per heavy atom. The molecule has 2 N–H and O–H groups in total. The van der Waals surface area contributed by atoms with Gasteiger partial charge < -0.3 is 25.0 Å². The number of amides is 1. The predicted octanol–water partition coefficient (Wildman–Crippen LogP) is 1.76. The molecule has 0 bridgehead atoms. The van der Waals surface area contributed by atoms with Gasteiger partial charge in [-0.3, -0.25) is 9.79 Å². The molecule has 0 aromatic heterocycles. The molecule has 8 heteroatoms. The average Bonchev–Trinajstić information content (AvgIpc) is 3.28. The highest BCUT2D eigenvalue weighted by molar-refractivity contribution is 14.0. The highest BCUT2D eigenvalue weighted by atomic mass is 127. The predicted molar refractivity (Wildman–Crippen MR) is 114 cm³/mol. The van der Waals surface area contributed by atoms with Crippen molar-refractivity contribution in [2.24, 2.45) is 4.99 Å². The molecule has 0 aliphatic carbocycles. The Hall–Kier alpha value is -0.610. The van der Waals surface area contributed by atoms with Crippen molar-refractivity contribution >= 4 is 35.8 Å². The number of nitrogens with one attached hydrogen (secondary N) is 2. The van der Waals surface area contributed by atoms with E-state index in [0.29, 0.717) is 18.4 Å². The van der Waals surface area contributed by atoms with E-state index < -0.39 is 0 Å². The molecular formula is C18H35IN4O3. The number of hydrogen-bond acceptors (Lipinski definition) is 4. The summed E-state index contributed by atoms with van der Waals surface area (Å²) in [5, 5.41) is 6.66. The first-order chi connectivity index (χ1) is 12.2. The number of hydrogen-bond donors (Lipinski definition) is 2. The topological polar surface area (TPSA) is 75.2 Å². The molecule has 2 saturated heterocycles. The van der Waals surface area contributed by atoms with Crippen LogP contribution in [0.15, 0.2) is 4.99 Å². The molecule has 0 spiro atoms. The van der Waals surface area contributed by atoms with E-state index >= 15 is 0 Å². The standard InChI is InChI=1S/C18H34N4O3.HI/c1-3-15(22-11-4-6-17(22)23)7-10-21-18(19-2)20-9-5-12-25-16-8-13-24-14-16;/h15-16H,3-14H2,1-2H3,(H2,19,20,21);1H. The molecule has 2 rings (SSSR count). The van der Waals surface area contributed by atoms with Crippen LogP contribution in [0.25, 0.3) is 0 Å². The summed E-state index contributed by atoms with van der Waals surface area (Å²) >= 11 is 0. The second kappa shape index (κ2) is 13.5. The first-order valence-corrected chi connectivity index (χ1v) is 9.68. The summed E-state index contributed by atoms with van der Waals surface area (Å²) in [6.07, 6.45) is 5.89. The fraction of sp³-hybridized carbons (Fsp3) is 0.889. The number of guanidine groups is 1. The van der Waals surface area contributed by atoms with E-state index in [1.165, 1.54) is 0 Å². The zero-order valence-corrected chi connectivity index (χ0v) is 18.5. The smallest absolute Gasteiger partial charge is 0.222 e. The number of aliphatic imine (C=N–C) groups is 1. The summed E-state index contributed by atoms with van der Waals surface area (Å²) in [4.78, 5) is 18.2. The molecule has 0 aromatic rings. The maximum Gasteiger partial charge on any atom is 0.222 e. The number of halogens is 1. The maximum absolute atomic E-state index is 11.9. The van der Waals surface area contributed by atoms with Crippen molar-refractivity contribution in [3.63, 3.8) is 0 Å². The Morgan fingerprint density at radius 2 is 2.23 bits per heavy atom. The van der Waals surface area contributed by atoms with Gasteiger partial charge in [0.25, 0.3) is 0 Å². The Kier molecular flexibility index (Phi) is 12.2. The second-order valence-electron chi connectivity index (χ2n) is 6.68. The lowest BCUT2D eigenvalue weighted by Crippen LogP contribution is -2.42. The lowest BCUT2D eigenvalue weighted by atomic mass is 10.1. The van der Waals surface area contributed by atoms with E-state index in [1.807, 2.05) is 4.90 Å². The van der Waals surface area contributed by atoms with Crippen LogP contribution in [0.1, 0.15) is 45.4 Å². The lowest BCUT2D eigenvalue weighted by Gasteiger charge is -2.27. The van der Waals surface area contributed by atoms with Crippen molar-refractivity contribution in [2.75, 3.05) is 46.5 Å². The van der Waals surface area contributed by atoms with Gasteiger partial charge in [-0.15, -0.1) is 24.0 Å². The second-order valence-corrected chi connectivity index (χ2v) is 6.68. The Morgan fingerprint density at radius 3 is 2.85 bits per heavy atom. The molecule has 2 aliphatic heterocycles. The number of carbonyl (C=O) groups is 1. The van der Waals surface area contributed by atoms with Gasteiger partial charge in [-0.25, -0.2) is 0 Å². The molecule has 2 unspecified atom stereocenters. The summed E-state index contributed by atoms with van der Waals surface area (Å²) < 4.78 is 11.0. The number of ether oxygens (including phenoxy) is 2. The molecule has 2 fully saturated rings. The van der Waals surface area contributed by atoms with Crippen molar-refractivity contribution in [3.8, 4) is 0 Å². The largest absolute Gasteiger partial charge is 0.379 e. The molecule has 1 amide bonds. The fourth-order valence-corrected chi connectivity index (χ4v) is 3.39. The zero-order chi connectivity index (χ0) is 17.9. The van der Waals surface area contributed by atoms with Gasteiger partial charge in [0.2, 0.25) is 5.91 Å². The maximum atomic E-state index is 11.9. The van der Waals surface area contributed by atoms with Gasteiger partial charge in [-0.1, -0.05) is 6.92 Å². The SMILES string of the molecule is CCC(CCNC(=NC)NCCCOC1CCOC1)N1CCCC1=O.I. The van der Waals surface area contributed by atoms with Gasteiger partial charge in [-0.2, -0.15) is 0 Å². The third-order valence-corrected chi connectivity index (χ3v) is 4.87. The zero-order valence-electron chi connectivity index (χ0n) is 16.2. The molecule has 2 heterocycles. The third-order valence-electron chi connectivity index (χ3n) is 4.87. The van der Waals surface area contributed by atoms with E-state index in [2.05, 4.69) is 22.5 Å². The normalized spacial score (nSPS) is 21.6. The number of nitrogens with zero attached hydrogens (tertiary/aromatic N) is 2. The Bertz CT molecular complexity index is 431. The van der Waals surface area contributed by atoms with Gasteiger partial charge in [0.15, 0.2) is 5.96 Å². The van der Waals surface area contributed by atoms with Gasteiger partial charge >= 0.3 is 0 Å². The van der Waals surface area contributed by atoms with Crippen molar-refractivity contribution in [3.05, 3.63) is 0 Å². The van der Waals surface area contributed by atoms with Crippen LogP contribution in [0.3, 0.4) is 0 Å². The van der Waals surface area contributed by atoms with E-state index in [0.717, 1.165) is 77.5 Å².